The van der Waals surface area contributed by atoms with Gasteiger partial charge in [0.25, 0.3) is 0 Å². The fourth-order valence-electron chi connectivity index (χ4n) is 2.89. The maximum absolute atomic E-state index is 12.0. The van der Waals surface area contributed by atoms with Gasteiger partial charge >= 0.3 is 0 Å². The van der Waals surface area contributed by atoms with E-state index in [4.69, 9.17) is 5.26 Å². The second kappa shape index (κ2) is 6.69. The molecule has 1 N–H and O–H groups in total. The Morgan fingerprint density at radius 3 is 3.00 bits per heavy atom. The number of hydrogen-bond donors (Lipinski definition) is 1. The van der Waals surface area contributed by atoms with Crippen LogP contribution in [0.15, 0.2) is 12.3 Å². The molecule has 2 aromatic heterocycles. The minimum Gasteiger partial charge on any atom is -0.347 e. The van der Waals surface area contributed by atoms with Gasteiger partial charge in [-0.05, 0) is 31.7 Å². The molecule has 0 aromatic carbocycles. The summed E-state index contributed by atoms with van der Waals surface area (Å²) in [6, 6.07) is 4.23. The molecule has 1 saturated heterocycles. The molecule has 126 valence electrons. The number of fused-ring (bicyclic) bond motifs is 1. The van der Waals surface area contributed by atoms with Crippen LogP contribution in [0.1, 0.15) is 25.7 Å². The molecular formula is C16H18FN5OS. The quantitative estimate of drug-likeness (QED) is 0.923. The van der Waals surface area contributed by atoms with Gasteiger partial charge in [0.15, 0.2) is 10.9 Å². The molecule has 1 aliphatic heterocycles. The van der Waals surface area contributed by atoms with Crippen molar-refractivity contribution in [3.63, 3.8) is 0 Å². The van der Waals surface area contributed by atoms with Gasteiger partial charge in [-0.15, -0.1) is 0 Å². The topological polar surface area (TPSA) is 81.9 Å². The summed E-state index contributed by atoms with van der Waals surface area (Å²) in [5, 5.41) is 13.0. The number of thiazole rings is 1. The Labute approximate surface area is 142 Å². The van der Waals surface area contributed by atoms with Crippen molar-refractivity contribution >= 4 is 38.4 Å². The van der Waals surface area contributed by atoms with E-state index in [0.717, 1.165) is 54.1 Å². The van der Waals surface area contributed by atoms with Gasteiger partial charge in [0.1, 0.15) is 0 Å². The lowest BCUT2D eigenvalue weighted by Crippen LogP contribution is -2.34. The first-order valence-electron chi connectivity index (χ1n) is 7.95. The smallest absolute Gasteiger partial charge is 0.228 e. The minimum atomic E-state index is 0. The second-order valence-electron chi connectivity index (χ2n) is 6.18. The van der Waals surface area contributed by atoms with Crippen LogP contribution in [0.3, 0.4) is 0 Å². The zero-order valence-corrected chi connectivity index (χ0v) is 13.9. The van der Waals surface area contributed by atoms with Crippen LogP contribution in [0.4, 0.5) is 15.7 Å². The molecule has 0 spiro atoms. The molecule has 6 nitrogen and oxygen atoms in total. The normalized spacial score (nSPS) is 20.3. The lowest BCUT2D eigenvalue weighted by molar-refractivity contribution is -0.117. The first kappa shape index (κ1) is 16.6. The molecule has 2 fully saturated rings. The fourth-order valence-corrected chi connectivity index (χ4v) is 3.93. The Hall–Kier alpha value is -2.27. The first-order valence-corrected chi connectivity index (χ1v) is 8.77. The van der Waals surface area contributed by atoms with Crippen LogP contribution >= 0.6 is 11.3 Å². The summed E-state index contributed by atoms with van der Waals surface area (Å²) in [5.74, 6) is 0.889. The number of pyridine rings is 1. The molecule has 3 heterocycles. The van der Waals surface area contributed by atoms with Gasteiger partial charge in [0, 0.05) is 25.2 Å². The number of amides is 1. The third kappa shape index (κ3) is 3.17. The van der Waals surface area contributed by atoms with Gasteiger partial charge < -0.3 is 10.2 Å². The summed E-state index contributed by atoms with van der Waals surface area (Å²) >= 11 is 1.55. The average molecular weight is 347 g/mol. The van der Waals surface area contributed by atoms with Crippen molar-refractivity contribution < 1.29 is 9.50 Å². The third-order valence-electron chi connectivity index (χ3n) is 4.36. The summed E-state index contributed by atoms with van der Waals surface area (Å²) in [4.78, 5) is 23.2. The zero-order valence-electron chi connectivity index (χ0n) is 13.1. The van der Waals surface area contributed by atoms with Crippen molar-refractivity contribution in [2.24, 2.45) is 11.8 Å². The van der Waals surface area contributed by atoms with Gasteiger partial charge in [-0.25, -0.2) is 9.97 Å². The molecule has 1 amide bonds. The number of rotatable bonds is 3. The Balaban J connectivity index is 0.00000169. The number of nitrogens with one attached hydrogen (secondary N) is 1. The van der Waals surface area contributed by atoms with E-state index in [2.05, 4.69) is 26.3 Å². The molecule has 8 heteroatoms. The highest BCUT2D eigenvalue weighted by molar-refractivity contribution is 7.22. The summed E-state index contributed by atoms with van der Waals surface area (Å²) in [5.41, 5.74) is 0.852. The maximum Gasteiger partial charge on any atom is 0.228 e. The van der Waals surface area contributed by atoms with Gasteiger partial charge in [-0.2, -0.15) is 5.26 Å². The van der Waals surface area contributed by atoms with E-state index in [1.54, 1.807) is 17.5 Å². The summed E-state index contributed by atoms with van der Waals surface area (Å²) in [6.07, 6.45) is 5.60. The van der Waals surface area contributed by atoms with E-state index >= 15 is 0 Å². The van der Waals surface area contributed by atoms with Crippen LogP contribution in [0, 0.1) is 23.2 Å². The van der Waals surface area contributed by atoms with E-state index in [1.807, 2.05) is 6.07 Å². The van der Waals surface area contributed by atoms with Crippen LogP contribution in [0.5, 0.6) is 0 Å². The molecule has 1 saturated carbocycles. The van der Waals surface area contributed by atoms with Crippen LogP contribution < -0.4 is 10.2 Å². The Morgan fingerprint density at radius 1 is 1.42 bits per heavy atom. The fraction of sp³-hybridized carbons (Fsp3) is 0.500. The van der Waals surface area contributed by atoms with Gasteiger partial charge in [0.05, 0.1) is 22.2 Å². The summed E-state index contributed by atoms with van der Waals surface area (Å²) in [7, 11) is 0. The predicted octanol–water partition coefficient (Wildman–Crippen LogP) is 2.93. The molecule has 0 radical (unpaired) electrons. The molecule has 2 aromatic rings. The molecule has 1 atom stereocenters. The van der Waals surface area contributed by atoms with Crippen LogP contribution in [-0.2, 0) is 4.79 Å². The Kier molecular flexibility index (Phi) is 4.62. The van der Waals surface area contributed by atoms with E-state index < -0.39 is 0 Å². The predicted molar refractivity (Wildman–Crippen MR) is 91.8 cm³/mol. The van der Waals surface area contributed by atoms with Crippen LogP contribution in [0.25, 0.3) is 10.2 Å². The monoisotopic (exact) mass is 347 g/mol. The van der Waals surface area contributed by atoms with E-state index in [9.17, 15) is 4.79 Å². The van der Waals surface area contributed by atoms with Crippen molar-refractivity contribution in [3.8, 4) is 6.07 Å². The third-order valence-corrected chi connectivity index (χ3v) is 5.50. The largest absolute Gasteiger partial charge is 0.347 e. The molecule has 4 rings (SSSR count). The van der Waals surface area contributed by atoms with E-state index in [-0.39, 0.29) is 22.4 Å². The number of nitriles is 1. The number of aromatic nitrogens is 2. The summed E-state index contributed by atoms with van der Waals surface area (Å²) < 4.78 is 0.913. The highest BCUT2D eigenvalue weighted by Gasteiger charge is 2.30. The number of nitrogens with zero attached hydrogens (tertiary/aromatic N) is 4. The minimum absolute atomic E-state index is 0. The van der Waals surface area contributed by atoms with Gasteiger partial charge in [-0.3, -0.25) is 9.50 Å². The lowest BCUT2D eigenvalue weighted by atomic mass is 10.0. The van der Waals surface area contributed by atoms with Crippen LogP contribution in [0.2, 0.25) is 0 Å². The first-order chi connectivity index (χ1) is 11.2. The van der Waals surface area contributed by atoms with Crippen molar-refractivity contribution in [3.05, 3.63) is 12.3 Å². The van der Waals surface area contributed by atoms with Crippen molar-refractivity contribution in [2.75, 3.05) is 23.3 Å². The number of carbonyl (C=O) groups is 1. The average Bonchev–Trinajstić information content (AvgIpc) is 3.34. The molecule has 0 bridgehead atoms. The molecule has 24 heavy (non-hydrogen) atoms. The number of halogens is 1. The highest BCUT2D eigenvalue weighted by Crippen LogP contribution is 2.36. The molecular weight excluding hydrogens is 329 g/mol. The Morgan fingerprint density at radius 2 is 2.25 bits per heavy atom. The number of hydrogen-bond acceptors (Lipinski definition) is 6. The second-order valence-corrected chi connectivity index (χ2v) is 7.16. The van der Waals surface area contributed by atoms with Gasteiger partial charge in [-0.1, -0.05) is 11.3 Å². The van der Waals surface area contributed by atoms with Crippen molar-refractivity contribution in [2.45, 2.75) is 25.7 Å². The lowest BCUT2D eigenvalue weighted by Gasteiger charge is -2.28. The molecule has 1 aliphatic carbocycles. The standard InChI is InChI=1S/C16H17N5OS.FH/c17-8-10-2-1-7-21(9-10)16-19-12-5-6-18-14(13(12)23-16)20-15(22)11-3-4-11;/h5-6,10-11H,1-4,7,9H2,(H,18,20,22);1H. The summed E-state index contributed by atoms with van der Waals surface area (Å²) in [6.45, 7) is 1.66. The maximum atomic E-state index is 12.0. The number of anilines is 2. The van der Waals surface area contributed by atoms with E-state index in [1.165, 1.54) is 0 Å². The van der Waals surface area contributed by atoms with Crippen LogP contribution in [-0.4, -0.2) is 29.0 Å². The Bertz CT molecular complexity index is 797. The molecule has 2 aliphatic rings. The van der Waals surface area contributed by atoms with Gasteiger partial charge in [0.2, 0.25) is 5.91 Å². The molecule has 1 unspecified atom stereocenters. The number of carbonyl (C=O) groups excluding carboxylic acids is 1. The SMILES string of the molecule is F.N#CC1CCCN(c2nc3ccnc(NC(=O)C4CC4)c3s2)C1. The van der Waals surface area contributed by atoms with Crippen molar-refractivity contribution in [1.82, 2.24) is 9.97 Å². The highest BCUT2D eigenvalue weighted by atomic mass is 32.1. The van der Waals surface area contributed by atoms with E-state index in [0.29, 0.717) is 5.82 Å². The van der Waals surface area contributed by atoms with Crippen molar-refractivity contribution in [1.29, 1.82) is 5.26 Å². The number of piperidine rings is 1. The zero-order chi connectivity index (χ0) is 15.8.